The molecule has 0 amide bonds. The first-order valence-electron chi connectivity index (χ1n) is 4.49. The molecular formula is C9H14N2S2. The van der Waals surface area contributed by atoms with Gasteiger partial charge in [-0.2, -0.15) is 0 Å². The van der Waals surface area contributed by atoms with Crippen molar-refractivity contribution in [2.45, 2.75) is 35.6 Å². The zero-order valence-corrected chi connectivity index (χ0v) is 9.38. The van der Waals surface area contributed by atoms with E-state index in [4.69, 9.17) is 5.73 Å². The van der Waals surface area contributed by atoms with Crippen LogP contribution in [0.5, 0.6) is 0 Å². The van der Waals surface area contributed by atoms with Crippen molar-refractivity contribution in [3.05, 3.63) is 11.1 Å². The third-order valence-electron chi connectivity index (χ3n) is 2.47. The predicted octanol–water partition coefficient (Wildman–Crippen LogP) is 2.29. The van der Waals surface area contributed by atoms with Crippen LogP contribution in [0, 0.1) is 0 Å². The van der Waals surface area contributed by atoms with E-state index in [1.54, 1.807) is 23.1 Å². The number of rotatable bonds is 4. The fourth-order valence-electron chi connectivity index (χ4n) is 1.28. The average molecular weight is 214 g/mol. The van der Waals surface area contributed by atoms with Crippen molar-refractivity contribution in [3.8, 4) is 0 Å². The topological polar surface area (TPSA) is 38.9 Å². The minimum absolute atomic E-state index is 0.184. The van der Waals surface area contributed by atoms with Crippen LogP contribution < -0.4 is 5.73 Å². The molecule has 1 aromatic rings. The highest BCUT2D eigenvalue weighted by Crippen LogP contribution is 2.37. The van der Waals surface area contributed by atoms with Gasteiger partial charge in [0.05, 0.1) is 0 Å². The first-order valence-corrected chi connectivity index (χ1v) is 6.54. The first kappa shape index (κ1) is 9.49. The summed E-state index contributed by atoms with van der Waals surface area (Å²) in [6.45, 7) is 0. The van der Waals surface area contributed by atoms with E-state index in [0.29, 0.717) is 0 Å². The fourth-order valence-corrected chi connectivity index (χ4v) is 2.73. The Morgan fingerprint density at radius 1 is 1.69 bits per heavy atom. The maximum Gasteiger partial charge on any atom is 0.149 e. The summed E-state index contributed by atoms with van der Waals surface area (Å²) < 4.78 is 1.16. The summed E-state index contributed by atoms with van der Waals surface area (Å²) in [4.78, 5) is 5.67. The first-order chi connectivity index (χ1) is 6.22. The van der Waals surface area contributed by atoms with Gasteiger partial charge >= 0.3 is 0 Å². The molecule has 4 heteroatoms. The van der Waals surface area contributed by atoms with Gasteiger partial charge < -0.3 is 5.73 Å². The monoisotopic (exact) mass is 214 g/mol. The van der Waals surface area contributed by atoms with Crippen molar-refractivity contribution >= 4 is 23.1 Å². The van der Waals surface area contributed by atoms with E-state index in [-0.39, 0.29) is 5.54 Å². The summed E-state index contributed by atoms with van der Waals surface area (Å²) in [5.41, 5.74) is 6.20. The minimum Gasteiger partial charge on any atom is -0.325 e. The fraction of sp³-hybridized carbons (Fsp3) is 0.667. The number of aromatic nitrogens is 1. The average Bonchev–Trinajstić information content (AvgIpc) is 2.69. The summed E-state index contributed by atoms with van der Waals surface area (Å²) in [5, 5.41) is 0. The van der Waals surface area contributed by atoms with Gasteiger partial charge in [0.25, 0.3) is 0 Å². The Morgan fingerprint density at radius 2 is 2.46 bits per heavy atom. The minimum atomic E-state index is 0.184. The summed E-state index contributed by atoms with van der Waals surface area (Å²) in [7, 11) is 0. The van der Waals surface area contributed by atoms with E-state index in [2.05, 4.69) is 11.2 Å². The number of nitrogens with two attached hydrogens (primary N) is 1. The van der Waals surface area contributed by atoms with Crippen molar-refractivity contribution < 1.29 is 0 Å². The molecule has 2 rings (SSSR count). The van der Waals surface area contributed by atoms with Crippen LogP contribution >= 0.6 is 23.1 Å². The van der Waals surface area contributed by atoms with Crippen LogP contribution in [0.1, 0.15) is 24.1 Å². The van der Waals surface area contributed by atoms with E-state index >= 15 is 0 Å². The summed E-state index contributed by atoms with van der Waals surface area (Å²) in [6.07, 6.45) is 8.70. The molecule has 72 valence electrons. The van der Waals surface area contributed by atoms with Crippen LogP contribution in [0.4, 0.5) is 0 Å². The van der Waals surface area contributed by atoms with Crippen LogP contribution in [-0.2, 0) is 6.42 Å². The third-order valence-corrected chi connectivity index (χ3v) is 4.52. The van der Waals surface area contributed by atoms with E-state index in [1.807, 2.05) is 6.20 Å². The second-order valence-corrected chi connectivity index (χ2v) is 5.83. The molecule has 1 aliphatic rings. The van der Waals surface area contributed by atoms with Crippen molar-refractivity contribution in [2.75, 3.05) is 6.26 Å². The number of thiazole rings is 1. The van der Waals surface area contributed by atoms with Gasteiger partial charge in [-0.3, -0.25) is 0 Å². The maximum atomic E-state index is 6.01. The highest BCUT2D eigenvalue weighted by Gasteiger charge is 2.37. The largest absolute Gasteiger partial charge is 0.325 e. The Morgan fingerprint density at radius 3 is 3.00 bits per heavy atom. The molecule has 0 bridgehead atoms. The molecule has 0 radical (unpaired) electrons. The van der Waals surface area contributed by atoms with E-state index in [0.717, 1.165) is 17.2 Å². The molecule has 1 saturated carbocycles. The number of hydrogen-bond donors (Lipinski definition) is 1. The zero-order valence-electron chi connectivity index (χ0n) is 7.75. The lowest BCUT2D eigenvalue weighted by Gasteiger charge is -2.05. The van der Waals surface area contributed by atoms with E-state index in [9.17, 15) is 0 Å². The zero-order chi connectivity index (χ0) is 9.31. The molecule has 0 aromatic carbocycles. The molecule has 1 aliphatic carbocycles. The van der Waals surface area contributed by atoms with Gasteiger partial charge in [0.1, 0.15) is 4.34 Å². The Kier molecular flexibility index (Phi) is 2.62. The standard InChI is InChI=1S/C9H14N2S2/c1-12-8-11-6-7(13-8)2-3-9(10)4-5-9/h6H,2-5,10H2,1H3. The van der Waals surface area contributed by atoms with Crippen molar-refractivity contribution in [3.63, 3.8) is 0 Å². The SMILES string of the molecule is CSc1ncc(CCC2(N)CC2)s1. The highest BCUT2D eigenvalue weighted by atomic mass is 32.2. The lowest BCUT2D eigenvalue weighted by Crippen LogP contribution is -2.21. The Bertz CT molecular complexity index is 292. The molecule has 0 aliphatic heterocycles. The lowest BCUT2D eigenvalue weighted by atomic mass is 10.1. The number of hydrogen-bond acceptors (Lipinski definition) is 4. The Hall–Kier alpha value is -0.0600. The van der Waals surface area contributed by atoms with Gasteiger partial charge in [0, 0.05) is 16.6 Å². The van der Waals surface area contributed by atoms with Gasteiger partial charge in [0.2, 0.25) is 0 Å². The van der Waals surface area contributed by atoms with Crippen molar-refractivity contribution in [1.29, 1.82) is 0 Å². The van der Waals surface area contributed by atoms with Gasteiger partial charge in [-0.15, -0.1) is 11.3 Å². The molecule has 13 heavy (non-hydrogen) atoms. The maximum absolute atomic E-state index is 6.01. The van der Waals surface area contributed by atoms with Crippen LogP contribution in [0.2, 0.25) is 0 Å². The van der Waals surface area contributed by atoms with Crippen LogP contribution in [0.15, 0.2) is 10.5 Å². The number of thioether (sulfide) groups is 1. The third kappa shape index (κ3) is 2.45. The van der Waals surface area contributed by atoms with Crippen LogP contribution in [0.3, 0.4) is 0 Å². The number of aryl methyl sites for hydroxylation is 1. The van der Waals surface area contributed by atoms with Gasteiger partial charge in [0.15, 0.2) is 0 Å². The molecule has 0 atom stereocenters. The molecule has 1 aromatic heterocycles. The number of nitrogens with zero attached hydrogens (tertiary/aromatic N) is 1. The highest BCUT2D eigenvalue weighted by molar-refractivity contribution is 8.00. The Labute approximate surface area is 86.9 Å². The summed E-state index contributed by atoms with van der Waals surface area (Å²) >= 11 is 3.51. The quantitative estimate of drug-likeness (QED) is 0.782. The normalized spacial score (nSPS) is 18.9. The lowest BCUT2D eigenvalue weighted by molar-refractivity contribution is 0.612. The summed E-state index contributed by atoms with van der Waals surface area (Å²) in [6, 6.07) is 0. The molecule has 0 unspecified atom stereocenters. The van der Waals surface area contributed by atoms with E-state index < -0.39 is 0 Å². The molecule has 2 nitrogen and oxygen atoms in total. The van der Waals surface area contributed by atoms with Crippen molar-refractivity contribution in [1.82, 2.24) is 4.98 Å². The molecule has 1 fully saturated rings. The van der Waals surface area contributed by atoms with Crippen molar-refractivity contribution in [2.24, 2.45) is 5.73 Å². The second-order valence-electron chi connectivity index (χ2n) is 3.66. The summed E-state index contributed by atoms with van der Waals surface area (Å²) in [5.74, 6) is 0. The smallest absolute Gasteiger partial charge is 0.149 e. The van der Waals surface area contributed by atoms with Crippen LogP contribution in [-0.4, -0.2) is 16.8 Å². The van der Waals surface area contributed by atoms with Gasteiger partial charge in [-0.25, -0.2) is 4.98 Å². The molecular weight excluding hydrogens is 200 g/mol. The van der Waals surface area contributed by atoms with Gasteiger partial charge in [-0.1, -0.05) is 11.8 Å². The second kappa shape index (κ2) is 3.59. The van der Waals surface area contributed by atoms with E-state index in [1.165, 1.54) is 17.7 Å². The van der Waals surface area contributed by atoms with Gasteiger partial charge in [-0.05, 0) is 31.9 Å². The predicted molar refractivity (Wildman–Crippen MR) is 58.4 cm³/mol. The Balaban J connectivity index is 1.87. The molecule has 0 spiro atoms. The van der Waals surface area contributed by atoms with Crippen LogP contribution in [0.25, 0.3) is 0 Å². The molecule has 2 N–H and O–H groups in total. The molecule has 0 saturated heterocycles. The molecule has 1 heterocycles.